The molecule has 8 nitrogen and oxygen atoms in total. The number of esters is 2. The number of carbonyl (C=O) groups excluding carboxylic acids is 3. The second-order valence-electron chi connectivity index (χ2n) is 6.32. The maximum Gasteiger partial charge on any atom is 0.488 e. The molecule has 25 heavy (non-hydrogen) atoms. The van der Waals surface area contributed by atoms with Gasteiger partial charge < -0.3 is 24.8 Å². The zero-order valence-corrected chi connectivity index (χ0v) is 12.9. The Morgan fingerprint density at radius 2 is 1.92 bits per heavy atom. The molecule has 2 bridgehead atoms. The first-order chi connectivity index (χ1) is 11.9. The molecule has 3 aliphatic heterocycles. The van der Waals surface area contributed by atoms with Gasteiger partial charge in [0.05, 0.1) is 12.6 Å². The number of hydrogen-bond donors (Lipinski definition) is 3. The first-order valence-electron chi connectivity index (χ1n) is 7.78. The van der Waals surface area contributed by atoms with Gasteiger partial charge in [0, 0.05) is 5.56 Å². The van der Waals surface area contributed by atoms with Crippen molar-refractivity contribution < 1.29 is 33.9 Å². The normalized spacial score (nSPS) is 31.8. The lowest BCUT2D eigenvalue weighted by molar-refractivity contribution is -0.158. The second kappa shape index (κ2) is 5.52. The van der Waals surface area contributed by atoms with E-state index < -0.39 is 48.5 Å². The second-order valence-corrected chi connectivity index (χ2v) is 6.32. The van der Waals surface area contributed by atoms with Crippen molar-refractivity contribution in [3.63, 3.8) is 0 Å². The predicted octanol–water partition coefficient (Wildman–Crippen LogP) is -1.88. The minimum Gasteiger partial charge on any atom is -0.423 e. The standard InChI is InChI=1S/C16H14BNO7/c19-13(8-1-3-9(4-2-8)17(22)23)18-7-16-6-5-10(25-16)11-12(16)15(21)24-14(11)20/h1-6,10-12,22-23H,7H2,(H,18,19)/t10-,11-,12+,16-/m0/s1. The van der Waals surface area contributed by atoms with Gasteiger partial charge in [0.15, 0.2) is 0 Å². The summed E-state index contributed by atoms with van der Waals surface area (Å²) in [5.74, 6) is -3.02. The number of amides is 1. The van der Waals surface area contributed by atoms with Gasteiger partial charge in [-0.1, -0.05) is 24.3 Å². The highest BCUT2D eigenvalue weighted by Gasteiger charge is 2.66. The van der Waals surface area contributed by atoms with Crippen molar-refractivity contribution in [2.24, 2.45) is 11.8 Å². The number of nitrogens with one attached hydrogen (secondary N) is 1. The van der Waals surface area contributed by atoms with E-state index in [2.05, 4.69) is 5.32 Å². The molecule has 0 aliphatic carbocycles. The van der Waals surface area contributed by atoms with E-state index in [-0.39, 0.29) is 12.0 Å². The molecule has 3 aliphatic rings. The molecule has 3 heterocycles. The van der Waals surface area contributed by atoms with Crippen LogP contribution in [0.25, 0.3) is 0 Å². The minimum absolute atomic E-state index is 0.0206. The Hall–Kier alpha value is -2.49. The van der Waals surface area contributed by atoms with Crippen molar-refractivity contribution in [2.45, 2.75) is 11.7 Å². The van der Waals surface area contributed by atoms with Crippen LogP contribution in [-0.4, -0.2) is 53.3 Å². The number of carbonyl (C=O) groups is 3. The van der Waals surface area contributed by atoms with Crippen LogP contribution in [0, 0.1) is 11.8 Å². The van der Waals surface area contributed by atoms with Crippen molar-refractivity contribution in [2.75, 3.05) is 6.54 Å². The van der Waals surface area contributed by atoms with E-state index in [1.54, 1.807) is 12.2 Å². The molecule has 0 saturated carbocycles. The van der Waals surface area contributed by atoms with Gasteiger partial charge in [-0.25, -0.2) is 0 Å². The van der Waals surface area contributed by atoms with Crippen molar-refractivity contribution in [1.29, 1.82) is 0 Å². The van der Waals surface area contributed by atoms with Crippen molar-refractivity contribution in [3.05, 3.63) is 42.0 Å². The molecule has 0 spiro atoms. The zero-order valence-electron chi connectivity index (χ0n) is 12.9. The highest BCUT2D eigenvalue weighted by molar-refractivity contribution is 6.58. The lowest BCUT2D eigenvalue weighted by atomic mass is 9.77. The average Bonchev–Trinajstić information content (AvgIpc) is 3.24. The molecule has 1 aromatic rings. The van der Waals surface area contributed by atoms with E-state index in [9.17, 15) is 14.4 Å². The summed E-state index contributed by atoms with van der Waals surface area (Å²) in [4.78, 5) is 36.0. The van der Waals surface area contributed by atoms with Gasteiger partial charge in [-0.15, -0.1) is 0 Å². The van der Waals surface area contributed by atoms with Gasteiger partial charge in [-0.05, 0) is 17.6 Å². The van der Waals surface area contributed by atoms with E-state index in [1.807, 2.05) is 0 Å². The molecule has 0 unspecified atom stereocenters. The molecule has 0 radical (unpaired) electrons. The van der Waals surface area contributed by atoms with Crippen LogP contribution in [0.2, 0.25) is 0 Å². The van der Waals surface area contributed by atoms with Crippen molar-refractivity contribution in [3.8, 4) is 0 Å². The van der Waals surface area contributed by atoms with Crippen LogP contribution in [0.3, 0.4) is 0 Å². The maximum atomic E-state index is 12.3. The first kappa shape index (κ1) is 16.0. The van der Waals surface area contributed by atoms with E-state index in [1.165, 1.54) is 24.3 Å². The van der Waals surface area contributed by atoms with E-state index in [4.69, 9.17) is 19.5 Å². The van der Waals surface area contributed by atoms with Gasteiger partial charge in [0.1, 0.15) is 17.4 Å². The molecule has 0 aromatic heterocycles. The Bertz CT molecular complexity index is 790. The zero-order chi connectivity index (χ0) is 17.8. The Morgan fingerprint density at radius 3 is 2.60 bits per heavy atom. The van der Waals surface area contributed by atoms with Gasteiger partial charge in [0.2, 0.25) is 0 Å². The summed E-state index contributed by atoms with van der Waals surface area (Å²) in [6.45, 7) is 0.0206. The summed E-state index contributed by atoms with van der Waals surface area (Å²) >= 11 is 0. The molecular formula is C16H14BNO7. The van der Waals surface area contributed by atoms with Crippen LogP contribution < -0.4 is 10.8 Å². The van der Waals surface area contributed by atoms with E-state index in [0.717, 1.165) is 0 Å². The monoisotopic (exact) mass is 343 g/mol. The molecule has 9 heteroatoms. The van der Waals surface area contributed by atoms with Crippen LogP contribution in [0.15, 0.2) is 36.4 Å². The minimum atomic E-state index is -1.61. The van der Waals surface area contributed by atoms with Gasteiger partial charge in [-0.2, -0.15) is 0 Å². The molecule has 4 rings (SSSR count). The number of hydrogen-bond acceptors (Lipinski definition) is 7. The topological polar surface area (TPSA) is 122 Å². The Labute approximate surface area is 142 Å². The van der Waals surface area contributed by atoms with Crippen LogP contribution in [0.4, 0.5) is 0 Å². The molecule has 3 N–H and O–H groups in total. The molecule has 128 valence electrons. The number of benzene rings is 1. The SMILES string of the molecule is O=C(NC[C@]12C=C[C@H](O1)[C@@H]1C(=O)OC(=O)[C@@H]12)c1ccc(B(O)O)cc1. The fourth-order valence-electron chi connectivity index (χ4n) is 3.64. The predicted molar refractivity (Wildman–Crippen MR) is 83.4 cm³/mol. The Kier molecular flexibility index (Phi) is 3.53. The third kappa shape index (κ3) is 2.39. The summed E-state index contributed by atoms with van der Waals surface area (Å²) in [6, 6.07) is 5.78. The van der Waals surface area contributed by atoms with Gasteiger partial charge in [-0.3, -0.25) is 14.4 Å². The number of cyclic esters (lactones) is 2. The van der Waals surface area contributed by atoms with Crippen LogP contribution >= 0.6 is 0 Å². The Morgan fingerprint density at radius 1 is 1.20 bits per heavy atom. The number of fused-ring (bicyclic) bond motifs is 5. The largest absolute Gasteiger partial charge is 0.488 e. The lowest BCUT2D eigenvalue weighted by Gasteiger charge is -2.27. The first-order valence-corrected chi connectivity index (χ1v) is 7.78. The fourth-order valence-corrected chi connectivity index (χ4v) is 3.64. The highest BCUT2D eigenvalue weighted by Crippen LogP contribution is 2.50. The number of rotatable bonds is 4. The smallest absolute Gasteiger partial charge is 0.423 e. The molecule has 1 aromatic carbocycles. The summed E-state index contributed by atoms with van der Waals surface area (Å²) in [5, 5.41) is 20.8. The molecule has 1 amide bonds. The molecule has 2 saturated heterocycles. The third-order valence-electron chi connectivity index (χ3n) is 4.89. The van der Waals surface area contributed by atoms with Crippen molar-refractivity contribution in [1.82, 2.24) is 5.32 Å². The maximum absolute atomic E-state index is 12.3. The third-order valence-corrected chi connectivity index (χ3v) is 4.89. The summed E-state index contributed by atoms with van der Waals surface area (Å²) in [7, 11) is -1.61. The fraction of sp³-hybridized carbons (Fsp3) is 0.312. The summed E-state index contributed by atoms with van der Waals surface area (Å²) in [5.41, 5.74) is -0.486. The highest BCUT2D eigenvalue weighted by atomic mass is 16.6. The van der Waals surface area contributed by atoms with Crippen LogP contribution in [0.5, 0.6) is 0 Å². The molecular weight excluding hydrogens is 329 g/mol. The quantitative estimate of drug-likeness (QED) is 0.253. The van der Waals surface area contributed by atoms with Gasteiger partial charge >= 0.3 is 19.1 Å². The average molecular weight is 343 g/mol. The van der Waals surface area contributed by atoms with E-state index in [0.29, 0.717) is 5.56 Å². The van der Waals surface area contributed by atoms with E-state index >= 15 is 0 Å². The number of ether oxygens (including phenoxy) is 2. The Balaban J connectivity index is 1.48. The lowest BCUT2D eigenvalue weighted by Crippen LogP contribution is -2.47. The van der Waals surface area contributed by atoms with Crippen LogP contribution in [-0.2, 0) is 19.1 Å². The van der Waals surface area contributed by atoms with Gasteiger partial charge in [0.25, 0.3) is 5.91 Å². The summed E-state index contributed by atoms with van der Waals surface area (Å²) in [6.07, 6.45) is 2.90. The van der Waals surface area contributed by atoms with Crippen LogP contribution in [0.1, 0.15) is 10.4 Å². The molecule has 4 atom stereocenters. The summed E-state index contributed by atoms with van der Waals surface area (Å²) < 4.78 is 10.5. The molecule has 2 fully saturated rings. The van der Waals surface area contributed by atoms with Crippen molar-refractivity contribution >= 4 is 30.4 Å².